The van der Waals surface area contributed by atoms with Gasteiger partial charge in [-0.25, -0.2) is 4.98 Å². The Balaban J connectivity index is 1.55. The predicted octanol–water partition coefficient (Wildman–Crippen LogP) is 3.23. The molecular formula is C31H48N6O4. The number of nitrogens with one attached hydrogen (secondary N) is 3. The minimum atomic E-state index is -0.848. The van der Waals surface area contributed by atoms with Crippen LogP contribution in [-0.4, -0.2) is 69.7 Å². The lowest BCUT2D eigenvalue weighted by atomic mass is 9.82. The van der Waals surface area contributed by atoms with Crippen molar-refractivity contribution in [2.75, 3.05) is 13.1 Å². The van der Waals surface area contributed by atoms with E-state index in [9.17, 15) is 19.2 Å². The van der Waals surface area contributed by atoms with Gasteiger partial charge < -0.3 is 20.9 Å². The van der Waals surface area contributed by atoms with E-state index in [2.05, 4.69) is 32.8 Å². The smallest absolute Gasteiger partial charge is 0.272 e. The van der Waals surface area contributed by atoms with Crippen molar-refractivity contribution in [2.45, 2.75) is 110 Å². The van der Waals surface area contributed by atoms with Gasteiger partial charge >= 0.3 is 0 Å². The van der Waals surface area contributed by atoms with E-state index >= 15 is 0 Å². The number of carbonyl (C=O) groups is 4. The molecule has 4 amide bonds. The standard InChI is InChI=1S/C31H48N6O4/c1-5-6-15-34-29(40)25-22-14-10-13-21(22)19-37(25)30(41)26(31(2,3)4)36-28(39)24(20-11-8-7-9-12-20)35-27(38)23-18-32-16-17-33-23/h16-18,20-22,24-26H,5-15,19H2,1-4H3,(H,34,40)(H,35,38)(H,36,39)/t21?,22?,24-,25-,26+/m0/s1. The number of amides is 4. The van der Waals surface area contributed by atoms with Crippen LogP contribution in [0.15, 0.2) is 18.6 Å². The van der Waals surface area contributed by atoms with Gasteiger partial charge in [-0.1, -0.05) is 59.8 Å². The minimum Gasteiger partial charge on any atom is -0.354 e. The molecule has 41 heavy (non-hydrogen) atoms. The Hall–Kier alpha value is -3.04. The highest BCUT2D eigenvalue weighted by Crippen LogP contribution is 2.43. The highest BCUT2D eigenvalue weighted by Gasteiger charge is 2.52. The summed E-state index contributed by atoms with van der Waals surface area (Å²) in [4.78, 5) is 64.5. The molecule has 1 saturated heterocycles. The molecule has 3 aliphatic rings. The quantitative estimate of drug-likeness (QED) is 0.371. The van der Waals surface area contributed by atoms with Gasteiger partial charge in [-0.05, 0) is 55.3 Å². The molecule has 1 aromatic heterocycles. The zero-order valence-corrected chi connectivity index (χ0v) is 25.2. The molecule has 2 aliphatic carbocycles. The summed E-state index contributed by atoms with van der Waals surface area (Å²) in [5, 5.41) is 9.03. The molecule has 5 atom stereocenters. The lowest BCUT2D eigenvalue weighted by molar-refractivity contribution is -0.145. The molecule has 2 saturated carbocycles. The number of nitrogens with zero attached hydrogens (tertiary/aromatic N) is 3. The number of fused-ring (bicyclic) bond motifs is 1. The van der Waals surface area contributed by atoms with E-state index in [1.165, 1.54) is 18.6 Å². The van der Waals surface area contributed by atoms with Crippen molar-refractivity contribution >= 4 is 23.6 Å². The predicted molar refractivity (Wildman–Crippen MR) is 155 cm³/mol. The second kappa shape index (κ2) is 13.7. The minimum absolute atomic E-state index is 0.0386. The Bertz CT molecular complexity index is 1070. The van der Waals surface area contributed by atoms with Gasteiger partial charge in [0, 0.05) is 25.5 Å². The van der Waals surface area contributed by atoms with Crippen LogP contribution in [0.25, 0.3) is 0 Å². The van der Waals surface area contributed by atoms with Crippen molar-refractivity contribution in [2.24, 2.45) is 23.2 Å². The van der Waals surface area contributed by atoms with E-state index in [0.717, 1.165) is 64.2 Å². The molecule has 2 heterocycles. The molecule has 0 radical (unpaired) electrons. The molecular weight excluding hydrogens is 520 g/mol. The normalized spacial score (nSPS) is 24.3. The van der Waals surface area contributed by atoms with E-state index in [1.807, 2.05) is 20.8 Å². The molecule has 10 heteroatoms. The summed E-state index contributed by atoms with van der Waals surface area (Å²) >= 11 is 0. The first-order chi connectivity index (χ1) is 19.6. The zero-order chi connectivity index (χ0) is 29.6. The largest absolute Gasteiger partial charge is 0.354 e. The second-order valence-corrected chi connectivity index (χ2v) is 13.2. The van der Waals surface area contributed by atoms with E-state index in [1.54, 1.807) is 4.90 Å². The van der Waals surface area contributed by atoms with Crippen LogP contribution in [0.5, 0.6) is 0 Å². The third-order valence-electron chi connectivity index (χ3n) is 9.16. The number of unbranched alkanes of at least 4 members (excludes halogenated alkanes) is 1. The van der Waals surface area contributed by atoms with Gasteiger partial charge in [0.1, 0.15) is 23.8 Å². The summed E-state index contributed by atoms with van der Waals surface area (Å²) in [5.74, 6) is -0.723. The van der Waals surface area contributed by atoms with Gasteiger partial charge in [-0.15, -0.1) is 0 Å². The Morgan fingerprint density at radius 2 is 1.76 bits per heavy atom. The fourth-order valence-electron chi connectivity index (χ4n) is 6.90. The fourth-order valence-corrected chi connectivity index (χ4v) is 6.90. The van der Waals surface area contributed by atoms with Gasteiger partial charge in [0.2, 0.25) is 17.7 Å². The summed E-state index contributed by atoms with van der Waals surface area (Å²) in [5.41, 5.74) is -0.468. The first kappa shape index (κ1) is 30.9. The van der Waals surface area contributed by atoms with Gasteiger partial charge in [0.05, 0.1) is 6.20 Å². The molecule has 0 bridgehead atoms. The summed E-state index contributed by atoms with van der Waals surface area (Å²) in [7, 11) is 0. The molecule has 10 nitrogen and oxygen atoms in total. The number of likely N-dealkylation sites (tertiary alicyclic amines) is 1. The average molecular weight is 569 g/mol. The summed E-state index contributed by atoms with van der Waals surface area (Å²) < 4.78 is 0. The van der Waals surface area contributed by atoms with Crippen LogP contribution in [0.3, 0.4) is 0 Å². The first-order valence-electron chi connectivity index (χ1n) is 15.6. The molecule has 2 unspecified atom stereocenters. The van der Waals surface area contributed by atoms with Crippen LogP contribution in [0.1, 0.15) is 102 Å². The monoisotopic (exact) mass is 568 g/mol. The average Bonchev–Trinajstić information content (AvgIpc) is 3.56. The van der Waals surface area contributed by atoms with Crippen LogP contribution in [0, 0.1) is 23.2 Å². The molecule has 226 valence electrons. The second-order valence-electron chi connectivity index (χ2n) is 13.2. The van der Waals surface area contributed by atoms with E-state index in [0.29, 0.717) is 19.0 Å². The third kappa shape index (κ3) is 7.43. The molecule has 0 aromatic carbocycles. The van der Waals surface area contributed by atoms with Crippen LogP contribution < -0.4 is 16.0 Å². The third-order valence-corrected chi connectivity index (χ3v) is 9.16. The van der Waals surface area contributed by atoms with Crippen molar-refractivity contribution in [1.29, 1.82) is 0 Å². The maximum atomic E-state index is 14.3. The van der Waals surface area contributed by atoms with Crippen LogP contribution in [0.4, 0.5) is 0 Å². The maximum Gasteiger partial charge on any atom is 0.272 e. The van der Waals surface area contributed by atoms with Gasteiger partial charge in [-0.3, -0.25) is 24.2 Å². The molecule has 0 spiro atoms. The first-order valence-corrected chi connectivity index (χ1v) is 15.6. The van der Waals surface area contributed by atoms with E-state index in [4.69, 9.17) is 0 Å². The van der Waals surface area contributed by atoms with Crippen LogP contribution in [-0.2, 0) is 14.4 Å². The lowest BCUT2D eigenvalue weighted by Gasteiger charge is -2.38. The van der Waals surface area contributed by atoms with Crippen molar-refractivity contribution in [3.8, 4) is 0 Å². The fraction of sp³-hybridized carbons (Fsp3) is 0.742. The highest BCUT2D eigenvalue weighted by atomic mass is 16.2. The Morgan fingerprint density at radius 1 is 1.00 bits per heavy atom. The number of rotatable bonds is 10. The van der Waals surface area contributed by atoms with E-state index < -0.39 is 29.4 Å². The van der Waals surface area contributed by atoms with Crippen molar-refractivity contribution in [3.63, 3.8) is 0 Å². The van der Waals surface area contributed by atoms with Crippen LogP contribution in [0.2, 0.25) is 0 Å². The molecule has 3 fully saturated rings. The zero-order valence-electron chi connectivity index (χ0n) is 25.2. The maximum absolute atomic E-state index is 14.3. The summed E-state index contributed by atoms with van der Waals surface area (Å²) in [6, 6.07) is -2.16. The summed E-state index contributed by atoms with van der Waals surface area (Å²) in [6.45, 7) is 8.99. The lowest BCUT2D eigenvalue weighted by Crippen LogP contribution is -2.61. The van der Waals surface area contributed by atoms with Crippen LogP contribution >= 0.6 is 0 Å². The number of hydrogen-bond donors (Lipinski definition) is 3. The highest BCUT2D eigenvalue weighted by molar-refractivity contribution is 5.98. The van der Waals surface area contributed by atoms with Crippen molar-refractivity contribution in [3.05, 3.63) is 24.3 Å². The van der Waals surface area contributed by atoms with Gasteiger partial charge in [-0.2, -0.15) is 0 Å². The summed E-state index contributed by atoms with van der Waals surface area (Å²) in [6.07, 6.45) is 13.9. The van der Waals surface area contributed by atoms with Crippen molar-refractivity contribution < 1.29 is 19.2 Å². The molecule has 3 N–H and O–H groups in total. The SMILES string of the molecule is CCCCNC(=O)[C@@H]1C2CCCC2CN1C(=O)[C@@H](NC(=O)[C@@H](NC(=O)c1cnccn1)C1CCCCC1)C(C)(C)C. The van der Waals surface area contributed by atoms with Gasteiger partial charge in [0.15, 0.2) is 0 Å². The number of aromatic nitrogens is 2. The molecule has 4 rings (SSSR count). The van der Waals surface area contributed by atoms with E-state index in [-0.39, 0.29) is 35.3 Å². The Morgan fingerprint density at radius 3 is 2.41 bits per heavy atom. The Labute approximate surface area is 244 Å². The molecule has 1 aliphatic heterocycles. The van der Waals surface area contributed by atoms with Crippen molar-refractivity contribution in [1.82, 2.24) is 30.8 Å². The topological polar surface area (TPSA) is 133 Å². The molecule has 1 aromatic rings. The Kier molecular flexibility index (Phi) is 10.4. The number of carbonyl (C=O) groups excluding carboxylic acids is 4. The van der Waals surface area contributed by atoms with Gasteiger partial charge in [0.25, 0.3) is 5.91 Å². The number of hydrogen-bond acceptors (Lipinski definition) is 6.